The van der Waals surface area contributed by atoms with Crippen LogP contribution in [0.15, 0.2) is 36.8 Å². The van der Waals surface area contributed by atoms with Gasteiger partial charge in [0, 0.05) is 37.4 Å². The van der Waals surface area contributed by atoms with Gasteiger partial charge in [0.1, 0.15) is 0 Å². The largest absolute Gasteiger partial charge is 0.346 e. The predicted octanol–water partition coefficient (Wildman–Crippen LogP) is 2.04. The van der Waals surface area contributed by atoms with Crippen LogP contribution in [0.4, 0.5) is 0 Å². The van der Waals surface area contributed by atoms with E-state index in [0.29, 0.717) is 11.6 Å². The molecule has 0 unspecified atom stereocenters. The average Bonchev–Trinajstić information content (AvgIpc) is 2.69. The van der Waals surface area contributed by atoms with E-state index in [1.165, 1.54) is 0 Å². The van der Waals surface area contributed by atoms with Crippen LogP contribution in [0.25, 0.3) is 0 Å². The summed E-state index contributed by atoms with van der Waals surface area (Å²) in [5.74, 6) is 0. The van der Waals surface area contributed by atoms with Gasteiger partial charge < -0.3 is 10.3 Å². The van der Waals surface area contributed by atoms with Gasteiger partial charge in [0.2, 0.25) is 0 Å². The third kappa shape index (κ3) is 2.19. The van der Waals surface area contributed by atoms with Crippen LogP contribution in [0.1, 0.15) is 11.3 Å². The van der Waals surface area contributed by atoms with Crippen molar-refractivity contribution >= 4 is 11.6 Å². The molecule has 2 aromatic rings. The molecule has 2 heterocycles. The highest BCUT2D eigenvalue weighted by atomic mass is 35.5. The summed E-state index contributed by atoms with van der Waals surface area (Å²) in [6.45, 7) is 1.27. The summed E-state index contributed by atoms with van der Waals surface area (Å²) >= 11 is 6.03. The van der Waals surface area contributed by atoms with E-state index in [9.17, 15) is 0 Å². The predicted molar refractivity (Wildman–Crippen MR) is 60.7 cm³/mol. The molecule has 0 atom stereocenters. The van der Waals surface area contributed by atoms with Gasteiger partial charge >= 0.3 is 0 Å². The Hall–Kier alpha value is -1.32. The lowest BCUT2D eigenvalue weighted by Crippen LogP contribution is -2.07. The molecule has 0 aliphatic carbocycles. The second kappa shape index (κ2) is 4.47. The Morgan fingerprint density at radius 1 is 1.40 bits per heavy atom. The molecule has 0 bridgehead atoms. The smallest absolute Gasteiger partial charge is 0.0639 e. The van der Waals surface area contributed by atoms with E-state index in [4.69, 9.17) is 17.3 Å². The van der Waals surface area contributed by atoms with Crippen LogP contribution in [0.2, 0.25) is 5.02 Å². The van der Waals surface area contributed by atoms with Crippen LogP contribution in [0.5, 0.6) is 0 Å². The van der Waals surface area contributed by atoms with E-state index in [-0.39, 0.29) is 0 Å². The normalized spacial score (nSPS) is 10.5. The van der Waals surface area contributed by atoms with E-state index in [0.717, 1.165) is 17.8 Å². The van der Waals surface area contributed by atoms with Gasteiger partial charge in [-0.3, -0.25) is 4.98 Å². The summed E-state index contributed by atoms with van der Waals surface area (Å²) in [5.41, 5.74) is 7.77. The number of hydrogen-bond donors (Lipinski definition) is 1. The summed E-state index contributed by atoms with van der Waals surface area (Å²) in [6.07, 6.45) is 5.40. The number of rotatable bonds is 3. The molecule has 0 radical (unpaired) electrons. The zero-order valence-corrected chi connectivity index (χ0v) is 8.98. The van der Waals surface area contributed by atoms with Crippen molar-refractivity contribution in [2.45, 2.75) is 13.1 Å². The monoisotopic (exact) mass is 221 g/mol. The Morgan fingerprint density at radius 2 is 2.27 bits per heavy atom. The van der Waals surface area contributed by atoms with Crippen LogP contribution >= 0.6 is 11.6 Å². The molecule has 0 amide bonds. The van der Waals surface area contributed by atoms with Crippen molar-refractivity contribution in [3.63, 3.8) is 0 Å². The SMILES string of the molecule is NCc1cccn1Cc1ccncc1Cl. The topological polar surface area (TPSA) is 43.8 Å². The molecule has 0 spiro atoms. The fourth-order valence-electron chi connectivity index (χ4n) is 1.50. The maximum absolute atomic E-state index is 6.03. The number of aromatic nitrogens is 2. The Bertz CT molecular complexity index is 451. The third-order valence-electron chi connectivity index (χ3n) is 2.33. The van der Waals surface area contributed by atoms with Gasteiger partial charge in [-0.05, 0) is 23.8 Å². The van der Waals surface area contributed by atoms with Crippen LogP contribution in [-0.2, 0) is 13.1 Å². The Kier molecular flexibility index (Phi) is 3.04. The number of nitrogens with zero attached hydrogens (tertiary/aromatic N) is 2. The fourth-order valence-corrected chi connectivity index (χ4v) is 1.68. The van der Waals surface area contributed by atoms with Crippen molar-refractivity contribution in [2.75, 3.05) is 0 Å². The lowest BCUT2D eigenvalue weighted by Gasteiger charge is -2.08. The first kappa shape index (κ1) is 10.2. The van der Waals surface area contributed by atoms with Crippen LogP contribution < -0.4 is 5.73 Å². The maximum Gasteiger partial charge on any atom is 0.0639 e. The van der Waals surface area contributed by atoms with E-state index in [1.54, 1.807) is 12.4 Å². The highest BCUT2D eigenvalue weighted by molar-refractivity contribution is 6.31. The van der Waals surface area contributed by atoms with E-state index >= 15 is 0 Å². The van der Waals surface area contributed by atoms with Gasteiger partial charge in [0.25, 0.3) is 0 Å². The van der Waals surface area contributed by atoms with E-state index in [2.05, 4.69) is 9.55 Å². The number of nitrogens with two attached hydrogens (primary N) is 1. The standard InChI is InChI=1S/C11H12ClN3/c12-11-7-14-4-3-9(11)8-15-5-1-2-10(15)6-13/h1-5,7H,6,8,13H2. The minimum Gasteiger partial charge on any atom is -0.346 e. The number of halogens is 1. The molecule has 2 aromatic heterocycles. The average molecular weight is 222 g/mol. The van der Waals surface area contributed by atoms with Gasteiger partial charge in [-0.2, -0.15) is 0 Å². The van der Waals surface area contributed by atoms with Crippen LogP contribution in [0.3, 0.4) is 0 Å². The van der Waals surface area contributed by atoms with Crippen LogP contribution in [-0.4, -0.2) is 9.55 Å². The summed E-state index contributed by atoms with van der Waals surface area (Å²) in [6, 6.07) is 5.91. The molecule has 0 aromatic carbocycles. The molecule has 3 nitrogen and oxygen atoms in total. The second-order valence-electron chi connectivity index (χ2n) is 3.30. The molecule has 4 heteroatoms. The van der Waals surface area contributed by atoms with Crippen molar-refractivity contribution in [2.24, 2.45) is 5.73 Å². The molecule has 0 aliphatic heterocycles. The van der Waals surface area contributed by atoms with Crippen molar-refractivity contribution in [1.29, 1.82) is 0 Å². The van der Waals surface area contributed by atoms with Gasteiger partial charge in [-0.1, -0.05) is 11.6 Å². The Balaban J connectivity index is 2.26. The molecule has 0 saturated heterocycles. The third-order valence-corrected chi connectivity index (χ3v) is 2.67. The zero-order chi connectivity index (χ0) is 10.7. The molecular weight excluding hydrogens is 210 g/mol. The van der Waals surface area contributed by atoms with Crippen molar-refractivity contribution < 1.29 is 0 Å². The first-order chi connectivity index (χ1) is 7.31. The molecule has 2 rings (SSSR count). The van der Waals surface area contributed by atoms with Gasteiger partial charge in [-0.15, -0.1) is 0 Å². The first-order valence-electron chi connectivity index (χ1n) is 4.73. The van der Waals surface area contributed by atoms with Gasteiger partial charge in [0.05, 0.1) is 5.02 Å². The fraction of sp³-hybridized carbons (Fsp3) is 0.182. The summed E-state index contributed by atoms with van der Waals surface area (Å²) in [7, 11) is 0. The molecule has 0 aliphatic rings. The minimum atomic E-state index is 0.537. The lowest BCUT2D eigenvalue weighted by molar-refractivity contribution is 0.743. The quantitative estimate of drug-likeness (QED) is 0.862. The Labute approximate surface area is 93.5 Å². The molecular formula is C11H12ClN3. The molecule has 78 valence electrons. The molecule has 15 heavy (non-hydrogen) atoms. The number of pyridine rings is 1. The summed E-state index contributed by atoms with van der Waals surface area (Å²) < 4.78 is 2.08. The van der Waals surface area contributed by atoms with Gasteiger partial charge in [-0.25, -0.2) is 0 Å². The van der Waals surface area contributed by atoms with Gasteiger partial charge in [0.15, 0.2) is 0 Å². The highest BCUT2D eigenvalue weighted by Crippen LogP contribution is 2.15. The van der Waals surface area contributed by atoms with Crippen molar-refractivity contribution in [3.05, 3.63) is 53.1 Å². The van der Waals surface area contributed by atoms with Crippen molar-refractivity contribution in [3.8, 4) is 0 Å². The number of hydrogen-bond acceptors (Lipinski definition) is 2. The molecule has 0 fully saturated rings. The first-order valence-corrected chi connectivity index (χ1v) is 5.11. The Morgan fingerprint density at radius 3 is 3.00 bits per heavy atom. The zero-order valence-electron chi connectivity index (χ0n) is 8.23. The minimum absolute atomic E-state index is 0.537. The molecule has 2 N–H and O–H groups in total. The van der Waals surface area contributed by atoms with E-state index < -0.39 is 0 Å². The van der Waals surface area contributed by atoms with Crippen molar-refractivity contribution in [1.82, 2.24) is 9.55 Å². The van der Waals surface area contributed by atoms with E-state index in [1.807, 2.05) is 24.4 Å². The molecule has 0 saturated carbocycles. The second-order valence-corrected chi connectivity index (χ2v) is 3.71. The lowest BCUT2D eigenvalue weighted by atomic mass is 10.2. The summed E-state index contributed by atoms with van der Waals surface area (Å²) in [5, 5.41) is 0.689. The van der Waals surface area contributed by atoms with Crippen LogP contribution in [0, 0.1) is 0 Å². The highest BCUT2D eigenvalue weighted by Gasteiger charge is 2.03. The summed E-state index contributed by atoms with van der Waals surface area (Å²) in [4.78, 5) is 3.95. The maximum atomic E-state index is 6.03.